The monoisotopic (exact) mass is 373 g/mol. The van der Waals surface area contributed by atoms with Gasteiger partial charge >= 0.3 is 0 Å². The summed E-state index contributed by atoms with van der Waals surface area (Å²) in [5.41, 5.74) is 7.14. The van der Waals surface area contributed by atoms with Crippen LogP contribution < -0.4 is 5.73 Å². The Balaban J connectivity index is 1.64. The zero-order chi connectivity index (χ0) is 19.0. The van der Waals surface area contributed by atoms with Crippen molar-refractivity contribution in [2.45, 2.75) is 32.2 Å². The SMILES string of the molecule is C[C@@H]1CCN(Cc2cccc(N)n2)C[C@H]1c1cc(C(F)F)nc2ncnn12. The van der Waals surface area contributed by atoms with Crippen LogP contribution in [0.1, 0.15) is 42.8 Å². The largest absolute Gasteiger partial charge is 0.384 e. The van der Waals surface area contributed by atoms with Gasteiger partial charge in [-0.25, -0.2) is 23.3 Å². The molecule has 2 atom stereocenters. The van der Waals surface area contributed by atoms with Crippen LogP contribution in [0.3, 0.4) is 0 Å². The van der Waals surface area contributed by atoms with E-state index in [2.05, 4.69) is 31.9 Å². The summed E-state index contributed by atoms with van der Waals surface area (Å²) in [6.45, 7) is 4.45. The number of anilines is 1. The van der Waals surface area contributed by atoms with Crippen molar-refractivity contribution in [3.05, 3.63) is 47.7 Å². The van der Waals surface area contributed by atoms with E-state index >= 15 is 0 Å². The predicted molar refractivity (Wildman–Crippen MR) is 96.2 cm³/mol. The van der Waals surface area contributed by atoms with Gasteiger partial charge < -0.3 is 5.73 Å². The molecule has 0 amide bonds. The van der Waals surface area contributed by atoms with E-state index in [0.29, 0.717) is 18.3 Å². The average Bonchev–Trinajstić information content (AvgIpc) is 3.11. The molecule has 0 saturated carbocycles. The number of nitrogen functional groups attached to an aromatic ring is 1. The van der Waals surface area contributed by atoms with Crippen molar-refractivity contribution in [3.8, 4) is 0 Å². The molecular weight excluding hydrogens is 352 g/mol. The van der Waals surface area contributed by atoms with Gasteiger partial charge in [0.15, 0.2) is 0 Å². The Morgan fingerprint density at radius 3 is 2.93 bits per heavy atom. The number of nitrogens with two attached hydrogens (primary N) is 1. The number of aromatic nitrogens is 5. The molecule has 4 rings (SSSR count). The quantitative estimate of drug-likeness (QED) is 0.757. The number of hydrogen-bond donors (Lipinski definition) is 1. The number of pyridine rings is 1. The molecule has 0 unspecified atom stereocenters. The summed E-state index contributed by atoms with van der Waals surface area (Å²) in [5.74, 6) is 1.08. The van der Waals surface area contributed by atoms with E-state index in [1.54, 1.807) is 10.6 Å². The lowest BCUT2D eigenvalue weighted by molar-refractivity contribution is 0.143. The molecule has 1 saturated heterocycles. The fourth-order valence-corrected chi connectivity index (χ4v) is 3.71. The fraction of sp³-hybridized carbons (Fsp3) is 0.444. The molecule has 3 aromatic rings. The Labute approximate surface area is 155 Å². The van der Waals surface area contributed by atoms with Crippen molar-refractivity contribution in [1.82, 2.24) is 29.5 Å². The molecular formula is C18H21F2N7. The number of fused-ring (bicyclic) bond motifs is 1. The Morgan fingerprint density at radius 1 is 1.30 bits per heavy atom. The Kier molecular flexibility index (Phi) is 4.69. The number of likely N-dealkylation sites (tertiary alicyclic amines) is 1. The minimum atomic E-state index is -2.64. The second-order valence-electron chi connectivity index (χ2n) is 7.04. The minimum absolute atomic E-state index is 0.0458. The van der Waals surface area contributed by atoms with Gasteiger partial charge in [0, 0.05) is 19.0 Å². The van der Waals surface area contributed by atoms with Crippen molar-refractivity contribution in [2.24, 2.45) is 5.92 Å². The lowest BCUT2D eigenvalue weighted by Crippen LogP contribution is -2.39. The highest BCUT2D eigenvalue weighted by Gasteiger charge is 2.31. The summed E-state index contributed by atoms with van der Waals surface area (Å²) in [6.07, 6.45) is -0.338. The molecule has 142 valence electrons. The van der Waals surface area contributed by atoms with Crippen LogP contribution in [0.25, 0.3) is 5.78 Å². The van der Waals surface area contributed by atoms with E-state index in [4.69, 9.17) is 5.73 Å². The molecule has 0 radical (unpaired) electrons. The first-order chi connectivity index (χ1) is 13.0. The Morgan fingerprint density at radius 2 is 2.15 bits per heavy atom. The normalized spacial score (nSPS) is 21.2. The van der Waals surface area contributed by atoms with Crippen LogP contribution in [0.15, 0.2) is 30.6 Å². The van der Waals surface area contributed by atoms with Gasteiger partial charge in [-0.15, -0.1) is 0 Å². The lowest BCUT2D eigenvalue weighted by atomic mass is 9.84. The molecule has 1 aliphatic heterocycles. The molecule has 4 heterocycles. The third-order valence-electron chi connectivity index (χ3n) is 5.16. The van der Waals surface area contributed by atoms with E-state index in [1.165, 1.54) is 12.4 Å². The van der Waals surface area contributed by atoms with Crippen LogP contribution in [-0.2, 0) is 6.54 Å². The van der Waals surface area contributed by atoms with Crippen LogP contribution in [0.5, 0.6) is 0 Å². The minimum Gasteiger partial charge on any atom is -0.384 e. The third-order valence-corrected chi connectivity index (χ3v) is 5.16. The van der Waals surface area contributed by atoms with Gasteiger partial charge in [-0.2, -0.15) is 10.1 Å². The zero-order valence-electron chi connectivity index (χ0n) is 15.0. The fourth-order valence-electron chi connectivity index (χ4n) is 3.71. The van der Waals surface area contributed by atoms with Crippen LogP contribution in [0.2, 0.25) is 0 Å². The van der Waals surface area contributed by atoms with E-state index in [0.717, 1.165) is 30.9 Å². The first-order valence-electron chi connectivity index (χ1n) is 8.93. The number of halogens is 2. The molecule has 0 aliphatic carbocycles. The Bertz CT molecular complexity index is 942. The third kappa shape index (κ3) is 3.59. The van der Waals surface area contributed by atoms with Gasteiger partial charge in [-0.3, -0.25) is 4.90 Å². The summed E-state index contributed by atoms with van der Waals surface area (Å²) in [7, 11) is 0. The zero-order valence-corrected chi connectivity index (χ0v) is 15.0. The molecule has 7 nitrogen and oxygen atoms in total. The van der Waals surface area contributed by atoms with Crippen LogP contribution in [0, 0.1) is 5.92 Å². The van der Waals surface area contributed by atoms with E-state index in [9.17, 15) is 8.78 Å². The molecule has 1 fully saturated rings. The van der Waals surface area contributed by atoms with Gasteiger partial charge in [-0.1, -0.05) is 13.0 Å². The van der Waals surface area contributed by atoms with Crippen molar-refractivity contribution >= 4 is 11.6 Å². The number of alkyl halides is 2. The molecule has 3 aromatic heterocycles. The predicted octanol–water partition coefficient (Wildman–Crippen LogP) is 2.66. The second kappa shape index (κ2) is 7.15. The summed E-state index contributed by atoms with van der Waals surface area (Å²) >= 11 is 0. The van der Waals surface area contributed by atoms with E-state index in [-0.39, 0.29) is 17.4 Å². The molecule has 9 heteroatoms. The molecule has 2 N–H and O–H groups in total. The smallest absolute Gasteiger partial charge is 0.280 e. The highest BCUT2D eigenvalue weighted by Crippen LogP contribution is 2.34. The lowest BCUT2D eigenvalue weighted by Gasteiger charge is -2.37. The standard InChI is InChI=1S/C18H21F2N7/c1-11-5-6-26(8-12-3-2-4-16(21)24-12)9-13(11)15-7-14(17(19)20)25-18-22-10-23-27(15)18/h2-4,7,10-11,13,17H,5-6,8-9H2,1H3,(H2,21,24)/t11-,13-/m1/s1. The highest BCUT2D eigenvalue weighted by atomic mass is 19.3. The van der Waals surface area contributed by atoms with Crippen LogP contribution in [0.4, 0.5) is 14.6 Å². The summed E-state index contributed by atoms with van der Waals surface area (Å²) in [6, 6.07) is 7.06. The van der Waals surface area contributed by atoms with Gasteiger partial charge in [0.05, 0.1) is 11.4 Å². The number of piperidine rings is 1. The first-order valence-corrected chi connectivity index (χ1v) is 8.93. The van der Waals surface area contributed by atoms with E-state index in [1.807, 2.05) is 12.1 Å². The number of nitrogens with zero attached hydrogens (tertiary/aromatic N) is 6. The van der Waals surface area contributed by atoms with Crippen molar-refractivity contribution in [3.63, 3.8) is 0 Å². The first kappa shape index (κ1) is 17.7. The van der Waals surface area contributed by atoms with Gasteiger partial charge in [0.1, 0.15) is 17.8 Å². The molecule has 0 aromatic carbocycles. The topological polar surface area (TPSA) is 85.2 Å². The maximum Gasteiger partial charge on any atom is 0.280 e. The van der Waals surface area contributed by atoms with Crippen molar-refractivity contribution in [2.75, 3.05) is 18.8 Å². The van der Waals surface area contributed by atoms with Gasteiger partial charge in [-0.05, 0) is 37.1 Å². The second-order valence-corrected chi connectivity index (χ2v) is 7.04. The average molecular weight is 373 g/mol. The maximum atomic E-state index is 13.3. The van der Waals surface area contributed by atoms with Crippen molar-refractivity contribution in [1.29, 1.82) is 0 Å². The molecule has 27 heavy (non-hydrogen) atoms. The van der Waals surface area contributed by atoms with E-state index < -0.39 is 6.43 Å². The van der Waals surface area contributed by atoms with Gasteiger partial charge in [0.25, 0.3) is 12.2 Å². The number of hydrogen-bond acceptors (Lipinski definition) is 6. The van der Waals surface area contributed by atoms with Crippen molar-refractivity contribution < 1.29 is 8.78 Å². The molecule has 0 bridgehead atoms. The molecule has 0 spiro atoms. The van der Waals surface area contributed by atoms with Crippen LogP contribution >= 0.6 is 0 Å². The highest BCUT2D eigenvalue weighted by molar-refractivity contribution is 5.33. The Hall–Kier alpha value is -2.68. The summed E-state index contributed by atoms with van der Waals surface area (Å²) in [4.78, 5) is 14.6. The molecule has 1 aliphatic rings. The summed E-state index contributed by atoms with van der Waals surface area (Å²) in [5, 5.41) is 4.20. The number of rotatable bonds is 4. The maximum absolute atomic E-state index is 13.3. The summed E-state index contributed by atoms with van der Waals surface area (Å²) < 4.78 is 28.2. The van der Waals surface area contributed by atoms with Gasteiger partial charge in [0.2, 0.25) is 0 Å². The van der Waals surface area contributed by atoms with Crippen LogP contribution in [-0.4, -0.2) is 42.6 Å².